The average molecular weight is 327 g/mol. The van der Waals surface area contributed by atoms with Gasteiger partial charge in [-0.25, -0.2) is 4.39 Å². The molecule has 1 aliphatic heterocycles. The summed E-state index contributed by atoms with van der Waals surface area (Å²) >= 11 is 0. The molecular formula is C16H19FKN3O. The normalized spacial score (nSPS) is 15.1. The van der Waals surface area contributed by atoms with Gasteiger partial charge in [-0.2, -0.15) is 0 Å². The van der Waals surface area contributed by atoms with Gasteiger partial charge in [0.1, 0.15) is 11.6 Å². The smallest absolute Gasteiger partial charge is 0.870 e. The van der Waals surface area contributed by atoms with Crippen LogP contribution < -0.4 is 67.1 Å². The van der Waals surface area contributed by atoms with Gasteiger partial charge < -0.3 is 20.6 Å². The van der Waals surface area contributed by atoms with Crippen LogP contribution in [0.1, 0.15) is 18.9 Å². The van der Waals surface area contributed by atoms with Gasteiger partial charge in [0.25, 0.3) is 0 Å². The minimum atomic E-state index is -0.758. The van der Waals surface area contributed by atoms with E-state index in [0.29, 0.717) is 17.8 Å². The Kier molecular flexibility index (Phi) is 7.65. The zero-order chi connectivity index (χ0) is 15.4. The summed E-state index contributed by atoms with van der Waals surface area (Å²) < 4.78 is 13.3. The largest absolute Gasteiger partial charge is 1.00 e. The molecule has 0 spiro atoms. The molecule has 1 aromatic rings. The maximum atomic E-state index is 13.3. The first kappa shape index (κ1) is 19.3. The maximum Gasteiger partial charge on any atom is 1.00 e. The Labute approximate surface area is 173 Å². The summed E-state index contributed by atoms with van der Waals surface area (Å²) in [6.45, 7) is 6.57. The Morgan fingerprint density at radius 3 is 2.73 bits per heavy atom. The number of nitrogens with zero attached hydrogens (tertiary/aromatic N) is 1. The Hall–Kier alpha value is -0.794. The maximum absolute atomic E-state index is 13.3. The van der Waals surface area contributed by atoms with Crippen molar-refractivity contribution in [1.29, 1.82) is 0 Å². The molecule has 1 aliphatic rings. The average Bonchev–Trinajstić information content (AvgIpc) is 2.89. The Bertz CT molecular complexity index is 613. The van der Waals surface area contributed by atoms with Gasteiger partial charge in [0.05, 0.1) is 0 Å². The number of benzene rings is 1. The number of nitrogens with one attached hydrogen (secondary N) is 2. The second-order valence-corrected chi connectivity index (χ2v) is 4.85. The molecule has 2 rings (SSSR count). The minimum Gasteiger partial charge on any atom is -0.870 e. The van der Waals surface area contributed by atoms with E-state index >= 15 is 0 Å². The van der Waals surface area contributed by atoms with Gasteiger partial charge in [-0.15, -0.1) is 0 Å². The topological polar surface area (TPSA) is 50.4 Å². The number of hydrogen-bond donors (Lipinski definition) is 2. The molecule has 0 atom stereocenters. The van der Waals surface area contributed by atoms with Crippen LogP contribution >= 0.6 is 0 Å². The summed E-state index contributed by atoms with van der Waals surface area (Å²) in [4.78, 5) is 2.01. The molecule has 0 unspecified atom stereocenters. The molecule has 22 heavy (non-hydrogen) atoms. The monoisotopic (exact) mass is 327 g/mol. The molecule has 0 saturated carbocycles. The number of hydrogen-bond acceptors (Lipinski definition) is 4. The fourth-order valence-corrected chi connectivity index (χ4v) is 2.14. The third-order valence-corrected chi connectivity index (χ3v) is 3.43. The van der Waals surface area contributed by atoms with E-state index < -0.39 is 11.6 Å². The van der Waals surface area contributed by atoms with E-state index in [4.69, 9.17) is 0 Å². The van der Waals surface area contributed by atoms with Gasteiger partial charge in [-0.05, 0) is 23.6 Å². The molecule has 1 aromatic carbocycles. The second kappa shape index (κ2) is 8.74. The van der Waals surface area contributed by atoms with Crippen LogP contribution in [0.2, 0.25) is 0 Å². The SMILES string of the molecule is C=C(NC/C(CC)=C1/NC=CN1C)c1ccc([O-])c(F)c1.[K+]. The van der Waals surface area contributed by atoms with Crippen LogP contribution in [-0.4, -0.2) is 18.5 Å². The van der Waals surface area contributed by atoms with Crippen LogP contribution in [0.25, 0.3) is 5.70 Å². The summed E-state index contributed by atoms with van der Waals surface area (Å²) in [6, 6.07) is 3.99. The van der Waals surface area contributed by atoms with Gasteiger partial charge in [-0.1, -0.05) is 31.4 Å². The minimum absolute atomic E-state index is 0. The first-order valence-electron chi connectivity index (χ1n) is 6.80. The van der Waals surface area contributed by atoms with Crippen molar-refractivity contribution in [2.24, 2.45) is 0 Å². The van der Waals surface area contributed by atoms with Gasteiger partial charge >= 0.3 is 51.4 Å². The van der Waals surface area contributed by atoms with Crippen LogP contribution in [0, 0.1) is 5.82 Å². The molecule has 0 aromatic heterocycles. The van der Waals surface area contributed by atoms with Gasteiger partial charge in [-0.3, -0.25) is 0 Å². The van der Waals surface area contributed by atoms with Crippen LogP contribution in [0.4, 0.5) is 4.39 Å². The van der Waals surface area contributed by atoms with E-state index in [1.54, 1.807) is 6.07 Å². The molecule has 2 N–H and O–H groups in total. The van der Waals surface area contributed by atoms with E-state index in [9.17, 15) is 9.50 Å². The molecule has 0 saturated heterocycles. The van der Waals surface area contributed by atoms with Gasteiger partial charge in [0, 0.05) is 31.7 Å². The van der Waals surface area contributed by atoms with E-state index in [2.05, 4.69) is 24.1 Å². The third-order valence-electron chi connectivity index (χ3n) is 3.43. The fraction of sp³-hybridized carbons (Fsp3) is 0.250. The number of rotatable bonds is 5. The zero-order valence-corrected chi connectivity index (χ0v) is 16.4. The van der Waals surface area contributed by atoms with E-state index in [0.717, 1.165) is 12.2 Å². The van der Waals surface area contributed by atoms with Crippen LogP contribution in [-0.2, 0) is 0 Å². The summed E-state index contributed by atoms with van der Waals surface area (Å²) in [5.74, 6) is -0.324. The van der Waals surface area contributed by atoms with Crippen LogP contribution in [0.3, 0.4) is 0 Å². The van der Waals surface area contributed by atoms with Crippen molar-refractivity contribution in [2.75, 3.05) is 13.6 Å². The van der Waals surface area contributed by atoms with E-state index in [1.165, 1.54) is 17.7 Å². The van der Waals surface area contributed by atoms with Crippen LogP contribution in [0.5, 0.6) is 5.75 Å². The van der Waals surface area contributed by atoms with Crippen molar-refractivity contribution in [3.63, 3.8) is 0 Å². The fourth-order valence-electron chi connectivity index (χ4n) is 2.14. The Morgan fingerprint density at radius 2 is 2.18 bits per heavy atom. The molecule has 0 fully saturated rings. The summed E-state index contributed by atoms with van der Waals surface area (Å²) in [5.41, 5.74) is 2.36. The first-order valence-corrected chi connectivity index (χ1v) is 6.80. The van der Waals surface area contributed by atoms with Crippen molar-refractivity contribution >= 4 is 5.70 Å². The molecule has 0 amide bonds. The Morgan fingerprint density at radius 1 is 1.45 bits per heavy atom. The number of halogens is 1. The van der Waals surface area contributed by atoms with Crippen molar-refractivity contribution in [3.8, 4) is 5.75 Å². The third kappa shape index (κ3) is 4.60. The van der Waals surface area contributed by atoms with E-state index in [1.807, 2.05) is 24.3 Å². The predicted molar refractivity (Wildman–Crippen MR) is 80.2 cm³/mol. The van der Waals surface area contributed by atoms with Crippen molar-refractivity contribution in [2.45, 2.75) is 13.3 Å². The van der Waals surface area contributed by atoms with Gasteiger partial charge in [0.15, 0.2) is 0 Å². The standard InChI is InChI=1S/C16H20FN3O.K/c1-4-12(16-18-7-8-20(16)3)10-19-11(2)13-5-6-15(21)14(17)9-13;/h5-9,18-19,21H,2,4,10H2,1,3H3;/q;+1/p-1/b16-12-;. The van der Waals surface area contributed by atoms with Crippen molar-refractivity contribution in [1.82, 2.24) is 15.5 Å². The molecule has 112 valence electrons. The molecule has 0 radical (unpaired) electrons. The zero-order valence-electron chi connectivity index (χ0n) is 13.2. The summed E-state index contributed by atoms with van der Waals surface area (Å²) in [5, 5.41) is 17.4. The first-order chi connectivity index (χ1) is 10.0. The molecule has 4 nitrogen and oxygen atoms in total. The molecule has 6 heteroatoms. The predicted octanol–water partition coefficient (Wildman–Crippen LogP) is -0.909. The van der Waals surface area contributed by atoms with E-state index in [-0.39, 0.29) is 51.4 Å². The van der Waals surface area contributed by atoms with Crippen molar-refractivity contribution < 1.29 is 60.9 Å². The molecule has 0 aliphatic carbocycles. The van der Waals surface area contributed by atoms with Crippen LogP contribution in [0.15, 0.2) is 48.6 Å². The molecule has 0 bridgehead atoms. The van der Waals surface area contributed by atoms with Crippen molar-refractivity contribution in [3.05, 3.63) is 60.0 Å². The Balaban J connectivity index is 0.00000242. The molecule has 1 heterocycles. The summed E-state index contributed by atoms with van der Waals surface area (Å²) in [7, 11) is 1.97. The quantitative estimate of drug-likeness (QED) is 0.688. The molecular weight excluding hydrogens is 308 g/mol. The summed E-state index contributed by atoms with van der Waals surface area (Å²) in [6.07, 6.45) is 4.70. The second-order valence-electron chi connectivity index (χ2n) is 4.85. The van der Waals surface area contributed by atoms with Gasteiger partial charge in [0.2, 0.25) is 0 Å².